The number of likely N-dealkylation sites (tertiary alicyclic amines) is 1. The third-order valence-electron chi connectivity index (χ3n) is 6.52. The van der Waals surface area contributed by atoms with Gasteiger partial charge in [0, 0.05) is 18.9 Å². The molecule has 0 radical (unpaired) electrons. The van der Waals surface area contributed by atoms with Crippen molar-refractivity contribution in [1.29, 1.82) is 0 Å². The molecular weight excluding hydrogens is 354 g/mol. The van der Waals surface area contributed by atoms with E-state index in [1.54, 1.807) is 0 Å². The van der Waals surface area contributed by atoms with Gasteiger partial charge in [-0.25, -0.2) is 0 Å². The molecule has 1 aliphatic carbocycles. The van der Waals surface area contributed by atoms with Crippen molar-refractivity contribution in [2.75, 3.05) is 20.1 Å². The molecule has 1 saturated carbocycles. The van der Waals surface area contributed by atoms with Gasteiger partial charge in [0.2, 0.25) is 11.8 Å². The highest BCUT2D eigenvalue weighted by Gasteiger charge is 2.39. The first-order chi connectivity index (χ1) is 13.4. The van der Waals surface area contributed by atoms with Gasteiger partial charge in [-0.2, -0.15) is 0 Å². The van der Waals surface area contributed by atoms with Crippen molar-refractivity contribution < 1.29 is 14.7 Å². The highest BCUT2D eigenvalue weighted by Crippen LogP contribution is 2.38. The van der Waals surface area contributed by atoms with Crippen LogP contribution in [0.25, 0.3) is 0 Å². The van der Waals surface area contributed by atoms with Gasteiger partial charge in [-0.3, -0.25) is 14.5 Å². The minimum absolute atomic E-state index is 0.0451. The van der Waals surface area contributed by atoms with Gasteiger partial charge >= 0.3 is 0 Å². The highest BCUT2D eigenvalue weighted by atomic mass is 16.3. The summed E-state index contributed by atoms with van der Waals surface area (Å²) in [6, 6.07) is 9.98. The second-order valence-electron chi connectivity index (χ2n) is 8.45. The van der Waals surface area contributed by atoms with E-state index in [1.807, 2.05) is 25.2 Å². The van der Waals surface area contributed by atoms with Crippen molar-refractivity contribution in [3.05, 3.63) is 35.9 Å². The van der Waals surface area contributed by atoms with E-state index >= 15 is 0 Å². The Bertz CT molecular complexity index is 681. The largest absolute Gasteiger partial charge is 0.391 e. The lowest BCUT2D eigenvalue weighted by Gasteiger charge is -2.34. The number of rotatable bonds is 5. The zero-order chi connectivity index (χ0) is 20.1. The molecule has 2 amide bonds. The summed E-state index contributed by atoms with van der Waals surface area (Å²) in [5, 5.41) is 16.7. The summed E-state index contributed by atoms with van der Waals surface area (Å²) in [5.41, 5.74) is 0.952. The predicted molar refractivity (Wildman–Crippen MR) is 109 cm³/mol. The molecule has 0 bridgehead atoms. The van der Waals surface area contributed by atoms with Crippen LogP contribution in [-0.2, 0) is 15.0 Å². The summed E-state index contributed by atoms with van der Waals surface area (Å²) in [4.78, 5) is 26.4. The minimum Gasteiger partial charge on any atom is -0.391 e. The maximum atomic E-state index is 12.8. The van der Waals surface area contributed by atoms with Crippen LogP contribution >= 0.6 is 0 Å². The maximum Gasteiger partial charge on any atom is 0.237 e. The number of benzene rings is 1. The number of aliphatic hydroxyl groups excluding tert-OH is 1. The van der Waals surface area contributed by atoms with E-state index in [1.165, 1.54) is 12.5 Å². The van der Waals surface area contributed by atoms with E-state index in [-0.39, 0.29) is 29.3 Å². The number of nitrogens with zero attached hydrogens (tertiary/aromatic N) is 1. The first-order valence-electron chi connectivity index (χ1n) is 10.4. The summed E-state index contributed by atoms with van der Waals surface area (Å²) in [6.07, 6.45) is 4.27. The average molecular weight is 388 g/mol. The molecule has 1 aromatic rings. The lowest BCUT2D eigenvalue weighted by atomic mass is 9.74. The Morgan fingerprint density at radius 2 is 1.89 bits per heavy atom. The average Bonchev–Trinajstić information content (AvgIpc) is 3.05. The normalized spacial score (nSPS) is 31.2. The molecule has 4 atom stereocenters. The van der Waals surface area contributed by atoms with Crippen LogP contribution in [0.3, 0.4) is 0 Å². The van der Waals surface area contributed by atoms with Gasteiger partial charge in [-0.1, -0.05) is 30.3 Å². The van der Waals surface area contributed by atoms with Crippen LogP contribution in [0.2, 0.25) is 0 Å². The summed E-state index contributed by atoms with van der Waals surface area (Å²) in [6.45, 7) is 3.01. The van der Waals surface area contributed by atoms with Crippen LogP contribution in [0.1, 0.15) is 51.0 Å². The summed E-state index contributed by atoms with van der Waals surface area (Å²) in [7, 11) is 2.00. The molecule has 1 saturated heterocycles. The molecule has 1 unspecified atom stereocenters. The number of hydrogen-bond acceptors (Lipinski definition) is 4. The van der Waals surface area contributed by atoms with Crippen molar-refractivity contribution in [3.63, 3.8) is 0 Å². The molecule has 3 rings (SSSR count). The first kappa shape index (κ1) is 20.8. The van der Waals surface area contributed by atoms with Crippen LogP contribution < -0.4 is 10.6 Å². The van der Waals surface area contributed by atoms with Gasteiger partial charge in [0.25, 0.3) is 0 Å². The van der Waals surface area contributed by atoms with Crippen molar-refractivity contribution >= 4 is 11.8 Å². The Morgan fingerprint density at radius 1 is 1.18 bits per heavy atom. The number of aliphatic hydroxyl groups is 1. The second-order valence-corrected chi connectivity index (χ2v) is 8.45. The number of hydrogen-bond donors (Lipinski definition) is 3. The molecule has 28 heavy (non-hydrogen) atoms. The number of nitrogens with one attached hydrogen (secondary N) is 2. The number of likely N-dealkylation sites (N-methyl/N-ethyl adjacent to an activating group) is 1. The molecule has 1 aliphatic heterocycles. The fraction of sp³-hybridized carbons (Fsp3) is 0.636. The Morgan fingerprint density at radius 3 is 2.54 bits per heavy atom. The third kappa shape index (κ3) is 4.73. The van der Waals surface area contributed by atoms with Crippen LogP contribution in [-0.4, -0.2) is 60.1 Å². The van der Waals surface area contributed by atoms with E-state index in [0.717, 1.165) is 32.2 Å². The van der Waals surface area contributed by atoms with Gasteiger partial charge < -0.3 is 15.7 Å². The van der Waals surface area contributed by atoms with E-state index in [2.05, 4.69) is 27.7 Å². The van der Waals surface area contributed by atoms with E-state index in [4.69, 9.17) is 0 Å². The monoisotopic (exact) mass is 387 g/mol. The fourth-order valence-corrected chi connectivity index (χ4v) is 4.78. The summed E-state index contributed by atoms with van der Waals surface area (Å²) >= 11 is 0. The molecule has 0 aromatic heterocycles. The molecule has 2 aliphatic rings. The molecule has 3 N–H and O–H groups in total. The van der Waals surface area contributed by atoms with Crippen molar-refractivity contribution in [3.8, 4) is 0 Å². The molecule has 1 aromatic carbocycles. The number of carbonyl (C=O) groups is 2. The van der Waals surface area contributed by atoms with Crippen LogP contribution in [0.4, 0.5) is 0 Å². The van der Waals surface area contributed by atoms with E-state index < -0.39 is 6.10 Å². The van der Waals surface area contributed by atoms with E-state index in [9.17, 15) is 14.7 Å². The van der Waals surface area contributed by atoms with Crippen molar-refractivity contribution in [1.82, 2.24) is 15.5 Å². The van der Waals surface area contributed by atoms with Crippen LogP contribution in [0, 0.1) is 0 Å². The zero-order valence-corrected chi connectivity index (χ0v) is 17.0. The topological polar surface area (TPSA) is 81.7 Å². The molecule has 6 heteroatoms. The van der Waals surface area contributed by atoms with Gasteiger partial charge in [-0.05, 0) is 57.7 Å². The smallest absolute Gasteiger partial charge is 0.237 e. The van der Waals surface area contributed by atoms with Gasteiger partial charge in [0.15, 0.2) is 0 Å². The Labute approximate surface area is 167 Å². The van der Waals surface area contributed by atoms with Gasteiger partial charge in [-0.15, -0.1) is 0 Å². The zero-order valence-electron chi connectivity index (χ0n) is 17.0. The standard InChI is InChI=1S/C22H33N3O3/c1-16(26)24-18-10-12-22(13-11-20(18)27,17-7-4-3-5-8-17)15-23-21(28)19-9-6-14-25(19)2/h3-5,7-8,18-20,27H,6,9-15H2,1-2H3,(H,23,28)(H,24,26)/t18-,19?,20-,22-/m0/s1. The Kier molecular flexibility index (Phi) is 6.73. The maximum absolute atomic E-state index is 12.8. The Hall–Kier alpha value is -1.92. The van der Waals surface area contributed by atoms with Crippen LogP contribution in [0.5, 0.6) is 0 Å². The Balaban J connectivity index is 1.77. The number of amides is 2. The fourth-order valence-electron chi connectivity index (χ4n) is 4.78. The highest BCUT2D eigenvalue weighted by molar-refractivity contribution is 5.82. The molecule has 1 heterocycles. The lowest BCUT2D eigenvalue weighted by molar-refractivity contribution is -0.125. The third-order valence-corrected chi connectivity index (χ3v) is 6.52. The lowest BCUT2D eigenvalue weighted by Crippen LogP contribution is -2.47. The molecule has 0 spiro atoms. The summed E-state index contributed by atoms with van der Waals surface area (Å²) in [5.74, 6) is -0.0210. The SMILES string of the molecule is CC(=O)N[C@H]1CC[C@](CNC(=O)C2CCCN2C)(c2ccccc2)CC[C@@H]1O. The molecule has 2 fully saturated rings. The second kappa shape index (κ2) is 9.05. The predicted octanol–water partition coefficient (Wildman–Crippen LogP) is 1.57. The first-order valence-corrected chi connectivity index (χ1v) is 10.4. The number of carbonyl (C=O) groups excluding carboxylic acids is 2. The van der Waals surface area contributed by atoms with Crippen LogP contribution in [0.15, 0.2) is 30.3 Å². The van der Waals surface area contributed by atoms with E-state index in [0.29, 0.717) is 19.4 Å². The molecule has 154 valence electrons. The molecular formula is C22H33N3O3. The molecule has 6 nitrogen and oxygen atoms in total. The van der Waals surface area contributed by atoms with Gasteiger partial charge in [0.1, 0.15) is 0 Å². The van der Waals surface area contributed by atoms with Crippen molar-refractivity contribution in [2.45, 2.75) is 69.1 Å². The summed E-state index contributed by atoms with van der Waals surface area (Å²) < 4.78 is 0. The van der Waals surface area contributed by atoms with Crippen molar-refractivity contribution in [2.24, 2.45) is 0 Å². The minimum atomic E-state index is -0.564. The van der Waals surface area contributed by atoms with Gasteiger partial charge in [0.05, 0.1) is 18.2 Å². The quantitative estimate of drug-likeness (QED) is 0.670.